The number of hydrogen-bond acceptors (Lipinski definition) is 6. The third kappa shape index (κ3) is 6.63. The summed E-state index contributed by atoms with van der Waals surface area (Å²) < 4.78 is 7.09. The molecule has 0 radical (unpaired) electrons. The highest BCUT2D eigenvalue weighted by Gasteiger charge is 2.23. The molecule has 3 heterocycles. The number of pyridine rings is 1. The number of anilines is 2. The second-order valence-electron chi connectivity index (χ2n) is 12.7. The van der Waals surface area contributed by atoms with Crippen molar-refractivity contribution in [2.45, 2.75) is 39.7 Å². The molecule has 0 atom stereocenters. The van der Waals surface area contributed by atoms with Gasteiger partial charge in [0.1, 0.15) is 5.82 Å². The highest BCUT2D eigenvalue weighted by atomic mass is 16.5. The second kappa shape index (κ2) is 12.7. The second-order valence-corrected chi connectivity index (χ2v) is 12.7. The molecule has 3 amide bonds. The number of aromatic nitrogens is 3. The molecule has 0 bridgehead atoms. The van der Waals surface area contributed by atoms with Crippen LogP contribution in [0.1, 0.15) is 48.1 Å². The van der Waals surface area contributed by atoms with Gasteiger partial charge in [-0.15, -0.1) is 0 Å². The first-order valence-corrected chi connectivity index (χ1v) is 15.4. The van der Waals surface area contributed by atoms with E-state index in [2.05, 4.69) is 27.7 Å². The molecule has 2 aromatic heterocycles. The zero-order valence-corrected chi connectivity index (χ0v) is 26.6. The first kappa shape index (κ1) is 30.9. The Kier molecular flexibility index (Phi) is 8.57. The van der Waals surface area contributed by atoms with Crippen molar-refractivity contribution < 1.29 is 14.3 Å². The summed E-state index contributed by atoms with van der Waals surface area (Å²) in [4.78, 5) is 32.6. The van der Waals surface area contributed by atoms with Gasteiger partial charge in [0, 0.05) is 53.8 Å². The van der Waals surface area contributed by atoms with E-state index in [1.54, 1.807) is 10.7 Å². The molecule has 0 unspecified atom stereocenters. The maximum absolute atomic E-state index is 13.5. The van der Waals surface area contributed by atoms with Crippen LogP contribution in [0, 0.1) is 6.92 Å². The number of fused-ring (bicyclic) bond motifs is 1. The summed E-state index contributed by atoms with van der Waals surface area (Å²) in [6.07, 6.45) is 1.92. The summed E-state index contributed by atoms with van der Waals surface area (Å²) in [6, 6.07) is 22.9. The molecular formula is C36H39N7O3. The molecule has 6 rings (SSSR count). The molecular weight excluding hydrogens is 578 g/mol. The van der Waals surface area contributed by atoms with Crippen LogP contribution in [0.3, 0.4) is 0 Å². The Morgan fingerprint density at radius 1 is 0.935 bits per heavy atom. The van der Waals surface area contributed by atoms with Crippen molar-refractivity contribution in [3.63, 3.8) is 0 Å². The number of carbonyl (C=O) groups is 2. The average molecular weight is 618 g/mol. The quantitative estimate of drug-likeness (QED) is 0.198. The molecule has 46 heavy (non-hydrogen) atoms. The third-order valence-corrected chi connectivity index (χ3v) is 8.25. The molecule has 0 spiro atoms. The van der Waals surface area contributed by atoms with Crippen molar-refractivity contribution >= 4 is 34.2 Å². The number of nitrogens with zero attached hydrogens (tertiary/aromatic N) is 4. The van der Waals surface area contributed by atoms with E-state index < -0.39 is 11.9 Å². The maximum atomic E-state index is 13.5. The van der Waals surface area contributed by atoms with E-state index in [1.165, 1.54) is 0 Å². The van der Waals surface area contributed by atoms with Crippen molar-refractivity contribution in [1.29, 1.82) is 0 Å². The normalized spacial score (nSPS) is 13.9. The highest BCUT2D eigenvalue weighted by Crippen LogP contribution is 2.34. The molecule has 236 valence electrons. The Bertz CT molecular complexity index is 1900. The zero-order chi connectivity index (χ0) is 32.4. The minimum absolute atomic E-state index is 0.281. The Labute approximate surface area is 268 Å². The van der Waals surface area contributed by atoms with Crippen LogP contribution in [-0.2, 0) is 16.7 Å². The molecule has 0 saturated carbocycles. The monoisotopic (exact) mass is 617 g/mol. The van der Waals surface area contributed by atoms with Crippen LogP contribution in [0.2, 0.25) is 0 Å². The number of benzene rings is 3. The summed E-state index contributed by atoms with van der Waals surface area (Å²) in [5, 5.41) is 12.7. The average Bonchev–Trinajstić information content (AvgIpc) is 3.46. The van der Waals surface area contributed by atoms with Crippen molar-refractivity contribution in [3.8, 4) is 16.8 Å². The highest BCUT2D eigenvalue weighted by molar-refractivity contribution is 6.09. The molecule has 1 aliphatic heterocycles. The summed E-state index contributed by atoms with van der Waals surface area (Å²) in [5.41, 5.74) is 11.6. The van der Waals surface area contributed by atoms with Gasteiger partial charge in [-0.05, 0) is 47.7 Å². The van der Waals surface area contributed by atoms with Crippen LogP contribution >= 0.6 is 0 Å². The van der Waals surface area contributed by atoms with Gasteiger partial charge in [0.15, 0.2) is 0 Å². The molecule has 10 heteroatoms. The van der Waals surface area contributed by atoms with Crippen LogP contribution < -0.4 is 16.4 Å². The molecule has 1 aliphatic rings. The van der Waals surface area contributed by atoms with E-state index >= 15 is 0 Å². The summed E-state index contributed by atoms with van der Waals surface area (Å²) in [7, 11) is 0. The van der Waals surface area contributed by atoms with Crippen molar-refractivity contribution in [1.82, 2.24) is 19.7 Å². The Hall–Kier alpha value is -5.06. The molecule has 1 saturated heterocycles. The minimum atomic E-state index is -0.523. The smallest absolute Gasteiger partial charge is 0.324 e. The molecule has 0 aliphatic carbocycles. The molecule has 10 nitrogen and oxygen atoms in total. The number of ether oxygens (including phenoxy) is 1. The Morgan fingerprint density at radius 3 is 2.39 bits per heavy atom. The van der Waals surface area contributed by atoms with Gasteiger partial charge in [-0.3, -0.25) is 20.0 Å². The fraction of sp³-hybridized carbons (Fsp3) is 0.278. The van der Waals surface area contributed by atoms with E-state index in [9.17, 15) is 9.59 Å². The van der Waals surface area contributed by atoms with Crippen LogP contribution in [0.15, 0.2) is 79.0 Å². The van der Waals surface area contributed by atoms with Gasteiger partial charge in [0.05, 0.1) is 36.0 Å². The number of nitrogens with one attached hydrogen (secondary N) is 2. The Morgan fingerprint density at radius 2 is 1.70 bits per heavy atom. The van der Waals surface area contributed by atoms with Crippen LogP contribution in [-0.4, -0.2) is 57.9 Å². The number of nitrogens with two attached hydrogens (primary N) is 1. The number of primary amides is 1. The number of carbonyl (C=O) groups excluding carboxylic acids is 2. The number of morpholine rings is 1. The standard InChI is InChI=1S/C36H39N7O3/c1-23-9-12-26(19-30(23)34(37)44)43-33(20-32(41-43)36(2,3)4)40-35(45)39-31-14-13-27(28-7-5-6-8-29(28)31)24-10-11-25(38-21-24)22-42-15-17-46-18-16-42/h5-14,19-21H,15-18,22H2,1-4H3,(H2,37,44)(H2,39,40,45). The summed E-state index contributed by atoms with van der Waals surface area (Å²) >= 11 is 0. The molecule has 3 aromatic carbocycles. The lowest BCUT2D eigenvalue weighted by molar-refractivity contribution is 0.0336. The summed E-state index contributed by atoms with van der Waals surface area (Å²) in [5.74, 6) is -0.0595. The maximum Gasteiger partial charge on any atom is 0.324 e. The van der Waals surface area contributed by atoms with E-state index in [0.717, 1.165) is 71.7 Å². The first-order chi connectivity index (χ1) is 22.1. The van der Waals surface area contributed by atoms with Gasteiger partial charge in [-0.1, -0.05) is 63.2 Å². The van der Waals surface area contributed by atoms with Gasteiger partial charge in [0.25, 0.3) is 0 Å². The fourth-order valence-electron chi connectivity index (χ4n) is 5.64. The van der Waals surface area contributed by atoms with Gasteiger partial charge < -0.3 is 15.8 Å². The van der Waals surface area contributed by atoms with Gasteiger partial charge in [-0.2, -0.15) is 5.10 Å². The van der Waals surface area contributed by atoms with Crippen LogP contribution in [0.25, 0.3) is 27.6 Å². The minimum Gasteiger partial charge on any atom is -0.379 e. The topological polar surface area (TPSA) is 127 Å². The SMILES string of the molecule is Cc1ccc(-n2nc(C(C)(C)C)cc2NC(=O)Nc2ccc(-c3ccc(CN4CCOCC4)nc3)c3ccccc23)cc1C(N)=O. The number of hydrogen-bond donors (Lipinski definition) is 3. The lowest BCUT2D eigenvalue weighted by atomic mass is 9.92. The van der Waals surface area contributed by atoms with Crippen LogP contribution in [0.4, 0.5) is 16.3 Å². The van der Waals surface area contributed by atoms with E-state index in [1.807, 2.05) is 88.5 Å². The lowest BCUT2D eigenvalue weighted by Gasteiger charge is -2.26. The summed E-state index contributed by atoms with van der Waals surface area (Å²) in [6.45, 7) is 12.1. The largest absolute Gasteiger partial charge is 0.379 e. The lowest BCUT2D eigenvalue weighted by Crippen LogP contribution is -2.35. The van der Waals surface area contributed by atoms with Crippen molar-refractivity contribution in [2.75, 3.05) is 36.9 Å². The van der Waals surface area contributed by atoms with E-state index in [-0.39, 0.29) is 5.41 Å². The van der Waals surface area contributed by atoms with E-state index in [0.29, 0.717) is 22.8 Å². The number of amides is 3. The van der Waals surface area contributed by atoms with E-state index in [4.69, 9.17) is 20.6 Å². The number of rotatable bonds is 7. The third-order valence-electron chi connectivity index (χ3n) is 8.25. The predicted molar refractivity (Wildman–Crippen MR) is 181 cm³/mol. The fourth-order valence-corrected chi connectivity index (χ4v) is 5.64. The Balaban J connectivity index is 1.26. The predicted octanol–water partition coefficient (Wildman–Crippen LogP) is 6.27. The first-order valence-electron chi connectivity index (χ1n) is 15.4. The number of aryl methyl sites for hydroxylation is 1. The van der Waals surface area contributed by atoms with Crippen molar-refractivity contribution in [2.24, 2.45) is 5.73 Å². The van der Waals surface area contributed by atoms with Crippen LogP contribution in [0.5, 0.6) is 0 Å². The van der Waals surface area contributed by atoms with Crippen molar-refractivity contribution in [3.05, 3.63) is 102 Å². The zero-order valence-electron chi connectivity index (χ0n) is 26.6. The molecule has 4 N–H and O–H groups in total. The van der Waals surface area contributed by atoms with Gasteiger partial charge in [-0.25, -0.2) is 9.48 Å². The van der Waals surface area contributed by atoms with Gasteiger partial charge >= 0.3 is 6.03 Å². The number of urea groups is 1. The molecule has 1 fully saturated rings. The molecule has 5 aromatic rings. The van der Waals surface area contributed by atoms with Gasteiger partial charge in [0.2, 0.25) is 5.91 Å².